The summed E-state index contributed by atoms with van der Waals surface area (Å²) in [6, 6.07) is 0.370. The predicted molar refractivity (Wildman–Crippen MR) is 54.3 cm³/mol. The average Bonchev–Trinajstić information content (AvgIpc) is 3.06. The average molecular weight is 274 g/mol. The lowest BCUT2D eigenvalue weighted by atomic mass is 10.3. The Labute approximate surface area is 101 Å². The van der Waals surface area contributed by atoms with Gasteiger partial charge in [-0.25, -0.2) is 0 Å². The molecule has 3 nitrogen and oxygen atoms in total. The van der Waals surface area contributed by atoms with Gasteiger partial charge in [-0.15, -0.1) is 0 Å². The van der Waals surface area contributed by atoms with Crippen LogP contribution in [-0.4, -0.2) is 48.6 Å². The maximum absolute atomic E-state index is 12.6. The van der Waals surface area contributed by atoms with Crippen molar-refractivity contribution in [3.63, 3.8) is 0 Å². The molecule has 0 atom stereocenters. The number of halogens is 5. The van der Waals surface area contributed by atoms with Gasteiger partial charge in [0, 0.05) is 19.1 Å². The topological polar surface area (TPSA) is 32.3 Å². The van der Waals surface area contributed by atoms with Crippen LogP contribution >= 0.6 is 0 Å². The highest BCUT2D eigenvalue weighted by Crippen LogP contribution is 2.35. The Morgan fingerprint density at radius 3 is 2.22 bits per heavy atom. The minimum absolute atomic E-state index is 0.213. The number of hydrogen-bond acceptors (Lipinski definition) is 2. The molecule has 1 rings (SSSR count). The maximum Gasteiger partial charge on any atom is 0.463 e. The molecule has 0 aromatic carbocycles. The van der Waals surface area contributed by atoms with Crippen molar-refractivity contribution in [2.24, 2.45) is 0 Å². The van der Waals surface area contributed by atoms with Gasteiger partial charge in [-0.05, 0) is 19.4 Å². The van der Waals surface area contributed by atoms with Gasteiger partial charge >= 0.3 is 12.1 Å². The molecular weight excluding hydrogens is 259 g/mol. The first-order chi connectivity index (χ1) is 8.20. The van der Waals surface area contributed by atoms with E-state index in [0.29, 0.717) is 12.6 Å². The zero-order chi connectivity index (χ0) is 14.0. The zero-order valence-corrected chi connectivity index (χ0v) is 9.86. The molecule has 1 saturated carbocycles. The fraction of sp³-hybridized carbons (Fsp3) is 0.900. The second-order valence-electron chi connectivity index (χ2n) is 4.19. The Bertz CT molecular complexity index is 301. The minimum atomic E-state index is -5.85. The minimum Gasteiger partial charge on any atom is -0.349 e. The van der Waals surface area contributed by atoms with Crippen LogP contribution in [0.5, 0.6) is 0 Å². The largest absolute Gasteiger partial charge is 0.463 e. The number of carbonyl (C=O) groups excluding carboxylic acids is 1. The van der Waals surface area contributed by atoms with Crippen molar-refractivity contribution in [2.45, 2.75) is 37.9 Å². The van der Waals surface area contributed by atoms with Gasteiger partial charge in [0.1, 0.15) is 0 Å². The Hall–Kier alpha value is -0.920. The summed E-state index contributed by atoms with van der Waals surface area (Å²) in [4.78, 5) is 12.7. The van der Waals surface area contributed by atoms with E-state index in [1.807, 2.05) is 11.8 Å². The van der Waals surface area contributed by atoms with Crippen LogP contribution in [0.25, 0.3) is 0 Å². The molecule has 0 aliphatic heterocycles. The van der Waals surface area contributed by atoms with Crippen molar-refractivity contribution in [3.05, 3.63) is 0 Å². The van der Waals surface area contributed by atoms with Crippen molar-refractivity contribution >= 4 is 5.91 Å². The lowest BCUT2D eigenvalue weighted by Crippen LogP contribution is -2.51. The SMILES string of the molecule is CCN(CCNC(=O)C(F)(F)C(F)(F)F)C1CC1. The van der Waals surface area contributed by atoms with E-state index in [1.165, 1.54) is 0 Å². The predicted octanol–water partition coefficient (Wildman–Crippen LogP) is 1.78. The fourth-order valence-electron chi connectivity index (χ4n) is 1.59. The molecule has 0 heterocycles. The Balaban J connectivity index is 2.36. The fourth-order valence-corrected chi connectivity index (χ4v) is 1.59. The summed E-state index contributed by atoms with van der Waals surface area (Å²) < 4.78 is 60.7. The molecule has 1 fully saturated rings. The summed E-state index contributed by atoms with van der Waals surface area (Å²) in [5.41, 5.74) is 0. The summed E-state index contributed by atoms with van der Waals surface area (Å²) in [7, 11) is 0. The van der Waals surface area contributed by atoms with Gasteiger partial charge in [-0.2, -0.15) is 22.0 Å². The third-order valence-corrected chi connectivity index (χ3v) is 2.80. The van der Waals surface area contributed by atoms with Crippen molar-refractivity contribution in [1.82, 2.24) is 10.2 Å². The highest BCUT2D eigenvalue weighted by atomic mass is 19.4. The van der Waals surface area contributed by atoms with E-state index in [4.69, 9.17) is 0 Å². The summed E-state index contributed by atoms with van der Waals surface area (Å²) in [6.45, 7) is 2.61. The molecule has 18 heavy (non-hydrogen) atoms. The summed E-state index contributed by atoms with van der Waals surface area (Å²) in [5.74, 6) is -7.62. The standard InChI is InChI=1S/C10H15F5N2O/c1-2-17(7-3-4-7)6-5-16-8(18)9(11,12)10(13,14)15/h7H,2-6H2,1H3,(H,16,18). The van der Waals surface area contributed by atoms with Gasteiger partial charge in [-0.3, -0.25) is 9.69 Å². The molecule has 0 aromatic rings. The van der Waals surface area contributed by atoms with Crippen LogP contribution in [0.2, 0.25) is 0 Å². The van der Waals surface area contributed by atoms with Gasteiger partial charge in [-0.1, -0.05) is 6.92 Å². The first-order valence-electron chi connectivity index (χ1n) is 5.67. The highest BCUT2D eigenvalue weighted by Gasteiger charge is 2.63. The molecule has 1 aliphatic carbocycles. The quantitative estimate of drug-likeness (QED) is 0.749. The molecule has 1 amide bonds. The van der Waals surface area contributed by atoms with Gasteiger partial charge in [0.25, 0.3) is 5.91 Å². The van der Waals surface area contributed by atoms with Crippen molar-refractivity contribution < 1.29 is 26.7 Å². The van der Waals surface area contributed by atoms with E-state index in [-0.39, 0.29) is 13.1 Å². The van der Waals surface area contributed by atoms with Crippen LogP contribution in [0, 0.1) is 0 Å². The first kappa shape index (κ1) is 15.1. The number of carbonyl (C=O) groups is 1. The van der Waals surface area contributed by atoms with E-state index >= 15 is 0 Å². The van der Waals surface area contributed by atoms with E-state index in [0.717, 1.165) is 12.8 Å². The molecule has 0 bridgehead atoms. The van der Waals surface area contributed by atoms with Crippen molar-refractivity contribution in [2.75, 3.05) is 19.6 Å². The Kier molecular flexibility index (Phi) is 4.52. The van der Waals surface area contributed by atoms with Crippen molar-refractivity contribution in [3.8, 4) is 0 Å². The Morgan fingerprint density at radius 1 is 1.28 bits per heavy atom. The molecule has 106 valence electrons. The molecule has 0 saturated heterocycles. The number of nitrogens with one attached hydrogen (secondary N) is 1. The number of likely N-dealkylation sites (N-methyl/N-ethyl adjacent to an activating group) is 1. The van der Waals surface area contributed by atoms with E-state index in [9.17, 15) is 26.7 Å². The van der Waals surface area contributed by atoms with E-state index < -0.39 is 18.0 Å². The molecule has 0 radical (unpaired) electrons. The summed E-state index contributed by atoms with van der Waals surface area (Å²) in [5, 5.41) is 1.63. The van der Waals surface area contributed by atoms with Gasteiger partial charge in [0.05, 0.1) is 0 Å². The van der Waals surface area contributed by atoms with Gasteiger partial charge in [0.15, 0.2) is 0 Å². The number of amides is 1. The molecular formula is C10H15F5N2O. The van der Waals surface area contributed by atoms with E-state index in [2.05, 4.69) is 0 Å². The summed E-state index contributed by atoms with van der Waals surface area (Å²) in [6.07, 6.45) is -3.85. The number of nitrogens with zero attached hydrogens (tertiary/aromatic N) is 1. The molecule has 1 N–H and O–H groups in total. The molecule has 8 heteroatoms. The van der Waals surface area contributed by atoms with Gasteiger partial charge < -0.3 is 5.32 Å². The highest BCUT2D eigenvalue weighted by molar-refractivity contribution is 5.84. The summed E-state index contributed by atoms with van der Waals surface area (Å²) >= 11 is 0. The molecule has 0 aromatic heterocycles. The van der Waals surface area contributed by atoms with Crippen molar-refractivity contribution in [1.29, 1.82) is 0 Å². The maximum atomic E-state index is 12.6. The van der Waals surface area contributed by atoms with Crippen LogP contribution < -0.4 is 5.32 Å². The molecule has 0 unspecified atom stereocenters. The Morgan fingerprint density at radius 2 is 1.83 bits per heavy atom. The number of alkyl halides is 5. The molecule has 1 aliphatic rings. The van der Waals surface area contributed by atoms with Gasteiger partial charge in [0.2, 0.25) is 0 Å². The zero-order valence-electron chi connectivity index (χ0n) is 9.86. The van der Waals surface area contributed by atoms with Crippen LogP contribution in [0.15, 0.2) is 0 Å². The number of hydrogen-bond donors (Lipinski definition) is 1. The van der Waals surface area contributed by atoms with Crippen LogP contribution in [-0.2, 0) is 4.79 Å². The van der Waals surface area contributed by atoms with Crippen LogP contribution in [0.3, 0.4) is 0 Å². The third-order valence-electron chi connectivity index (χ3n) is 2.80. The monoisotopic (exact) mass is 274 g/mol. The second-order valence-corrected chi connectivity index (χ2v) is 4.19. The first-order valence-corrected chi connectivity index (χ1v) is 5.67. The third kappa shape index (κ3) is 3.54. The normalized spacial score (nSPS) is 17.1. The smallest absolute Gasteiger partial charge is 0.349 e. The van der Waals surface area contributed by atoms with E-state index in [1.54, 1.807) is 5.32 Å². The van der Waals surface area contributed by atoms with Crippen LogP contribution in [0.1, 0.15) is 19.8 Å². The number of rotatable bonds is 6. The lowest BCUT2D eigenvalue weighted by Gasteiger charge is -2.22. The lowest BCUT2D eigenvalue weighted by molar-refractivity contribution is -0.269. The second kappa shape index (κ2) is 5.38. The van der Waals surface area contributed by atoms with Crippen LogP contribution in [0.4, 0.5) is 22.0 Å². The molecule has 0 spiro atoms.